The van der Waals surface area contributed by atoms with Crippen LogP contribution in [0.15, 0.2) is 17.8 Å². The molecular weight excluding hydrogens is 230 g/mol. The molecule has 4 heteroatoms. The first-order valence-electron chi connectivity index (χ1n) is 5.45. The van der Waals surface area contributed by atoms with E-state index in [2.05, 4.69) is 39.8 Å². The highest BCUT2D eigenvalue weighted by Gasteiger charge is 2.04. The quantitative estimate of drug-likeness (QED) is 0.821. The number of thiophene rings is 1. The van der Waals surface area contributed by atoms with Crippen LogP contribution in [-0.2, 0) is 6.54 Å². The van der Waals surface area contributed by atoms with Crippen molar-refractivity contribution in [2.75, 3.05) is 6.54 Å². The predicted molar refractivity (Wildman–Crippen MR) is 71.1 cm³/mol. The van der Waals surface area contributed by atoms with Gasteiger partial charge in [0.15, 0.2) is 0 Å². The average Bonchev–Trinajstić information content (AvgIpc) is 2.89. The van der Waals surface area contributed by atoms with E-state index < -0.39 is 0 Å². The predicted octanol–water partition coefficient (Wildman–Crippen LogP) is 1.92. The molecule has 2 aromatic heterocycles. The third kappa shape index (κ3) is 2.76. The van der Waals surface area contributed by atoms with Gasteiger partial charge in [-0.15, -0.1) is 11.3 Å². The van der Waals surface area contributed by atoms with Crippen LogP contribution >= 0.6 is 11.3 Å². The lowest BCUT2D eigenvalue weighted by molar-refractivity contribution is 0.779. The van der Waals surface area contributed by atoms with E-state index in [4.69, 9.17) is 5.73 Å². The van der Waals surface area contributed by atoms with Crippen molar-refractivity contribution < 1.29 is 0 Å². The highest BCUT2D eigenvalue weighted by atomic mass is 32.1. The van der Waals surface area contributed by atoms with Gasteiger partial charge in [0.05, 0.1) is 25.1 Å². The fourth-order valence-corrected chi connectivity index (χ4v) is 2.37. The van der Waals surface area contributed by atoms with E-state index in [9.17, 15) is 0 Å². The van der Waals surface area contributed by atoms with Gasteiger partial charge in [-0.2, -0.15) is 0 Å². The number of rotatable bonds is 2. The fraction of sp³-hybridized carbons (Fsp3) is 0.308. The van der Waals surface area contributed by atoms with Crippen LogP contribution in [0.3, 0.4) is 0 Å². The van der Waals surface area contributed by atoms with Crippen molar-refractivity contribution in [2.45, 2.75) is 20.4 Å². The molecule has 17 heavy (non-hydrogen) atoms. The Morgan fingerprint density at radius 2 is 2.29 bits per heavy atom. The molecule has 0 fully saturated rings. The normalized spacial score (nSPS) is 10.1. The molecule has 0 aliphatic carbocycles. The summed E-state index contributed by atoms with van der Waals surface area (Å²) >= 11 is 1.72. The number of nitrogens with zero attached hydrogens (tertiary/aromatic N) is 2. The summed E-state index contributed by atoms with van der Waals surface area (Å²) in [6, 6.07) is 2.11. The number of aryl methyl sites for hydroxylation is 1. The molecule has 0 spiro atoms. The van der Waals surface area contributed by atoms with Crippen molar-refractivity contribution >= 4 is 11.3 Å². The maximum absolute atomic E-state index is 5.35. The summed E-state index contributed by atoms with van der Waals surface area (Å²) in [7, 11) is 0. The highest BCUT2D eigenvalue weighted by molar-refractivity contribution is 7.10. The third-order valence-electron chi connectivity index (χ3n) is 2.66. The Bertz CT molecular complexity index is 569. The van der Waals surface area contributed by atoms with Crippen LogP contribution in [0, 0.1) is 25.7 Å². The topological polar surface area (TPSA) is 43.8 Å². The van der Waals surface area contributed by atoms with Crippen LogP contribution in [0.2, 0.25) is 0 Å². The maximum Gasteiger partial charge on any atom is 0.0954 e. The molecule has 2 heterocycles. The second kappa shape index (κ2) is 5.17. The molecule has 0 bridgehead atoms. The molecule has 0 amide bonds. The molecule has 2 N–H and O–H groups in total. The minimum atomic E-state index is 0.408. The smallest absolute Gasteiger partial charge is 0.0954 e. The Kier molecular flexibility index (Phi) is 3.62. The van der Waals surface area contributed by atoms with Gasteiger partial charge < -0.3 is 10.3 Å². The molecule has 2 rings (SSSR count). The number of imidazole rings is 1. The minimum absolute atomic E-state index is 0.408. The first-order chi connectivity index (χ1) is 8.20. The molecule has 0 saturated carbocycles. The number of hydrogen-bond acceptors (Lipinski definition) is 3. The van der Waals surface area contributed by atoms with Crippen molar-refractivity contribution in [1.29, 1.82) is 0 Å². The number of nitrogens with two attached hydrogens (primary N) is 1. The van der Waals surface area contributed by atoms with Crippen LogP contribution in [0.5, 0.6) is 0 Å². The first kappa shape index (κ1) is 11.9. The average molecular weight is 245 g/mol. The van der Waals surface area contributed by atoms with Gasteiger partial charge in [-0.25, -0.2) is 4.98 Å². The summed E-state index contributed by atoms with van der Waals surface area (Å²) in [4.78, 5) is 5.58. The van der Waals surface area contributed by atoms with E-state index >= 15 is 0 Å². The summed E-state index contributed by atoms with van der Waals surface area (Å²) in [5.74, 6) is 5.90. The molecular formula is C13H15N3S. The summed E-state index contributed by atoms with van der Waals surface area (Å²) < 4.78 is 2.15. The molecule has 0 radical (unpaired) electrons. The van der Waals surface area contributed by atoms with E-state index in [0.29, 0.717) is 6.54 Å². The molecule has 88 valence electrons. The largest absolute Gasteiger partial charge is 0.329 e. The van der Waals surface area contributed by atoms with Gasteiger partial charge in [-0.1, -0.05) is 11.8 Å². The van der Waals surface area contributed by atoms with Gasteiger partial charge >= 0.3 is 0 Å². The molecule has 0 atom stereocenters. The minimum Gasteiger partial charge on any atom is -0.329 e. The Labute approximate surface area is 105 Å². The van der Waals surface area contributed by atoms with Gasteiger partial charge in [0, 0.05) is 21.5 Å². The van der Waals surface area contributed by atoms with Crippen LogP contribution in [0.25, 0.3) is 0 Å². The third-order valence-corrected chi connectivity index (χ3v) is 3.58. The zero-order chi connectivity index (χ0) is 12.3. The maximum atomic E-state index is 5.35. The van der Waals surface area contributed by atoms with Crippen molar-refractivity contribution in [3.8, 4) is 11.8 Å². The van der Waals surface area contributed by atoms with Crippen LogP contribution in [0.1, 0.15) is 21.8 Å². The molecule has 0 unspecified atom stereocenters. The second-order valence-electron chi connectivity index (χ2n) is 3.85. The Morgan fingerprint density at radius 1 is 1.47 bits per heavy atom. The fourth-order valence-electron chi connectivity index (χ4n) is 1.55. The van der Waals surface area contributed by atoms with Crippen molar-refractivity contribution in [2.24, 2.45) is 5.73 Å². The lowest BCUT2D eigenvalue weighted by atomic mass is 10.3. The first-order valence-corrected chi connectivity index (χ1v) is 6.33. The van der Waals surface area contributed by atoms with E-state index in [-0.39, 0.29) is 0 Å². The molecule has 0 aliphatic rings. The van der Waals surface area contributed by atoms with Crippen molar-refractivity contribution in [3.05, 3.63) is 39.6 Å². The summed E-state index contributed by atoms with van der Waals surface area (Å²) in [6.07, 6.45) is 1.88. The Morgan fingerprint density at radius 3 is 2.94 bits per heavy atom. The van der Waals surface area contributed by atoms with Gasteiger partial charge in [0.25, 0.3) is 0 Å². The zero-order valence-corrected chi connectivity index (χ0v) is 10.8. The summed E-state index contributed by atoms with van der Waals surface area (Å²) in [5.41, 5.74) is 8.70. The highest BCUT2D eigenvalue weighted by Crippen LogP contribution is 2.16. The standard InChI is InChI=1S/C13H15N3S/c1-10-11(2)16(9-15-10)7-13-6-12(8-17-13)4-3-5-14/h6,8-9H,5,7,14H2,1-2H3. The van der Waals surface area contributed by atoms with Gasteiger partial charge in [-0.3, -0.25) is 0 Å². The lowest BCUT2D eigenvalue weighted by Crippen LogP contribution is -1.98. The van der Waals surface area contributed by atoms with Crippen LogP contribution in [0.4, 0.5) is 0 Å². The second-order valence-corrected chi connectivity index (χ2v) is 4.85. The molecule has 2 aromatic rings. The Balaban J connectivity index is 2.14. The van der Waals surface area contributed by atoms with E-state index in [1.165, 1.54) is 10.6 Å². The lowest BCUT2D eigenvalue weighted by Gasteiger charge is -2.02. The molecule has 0 aromatic carbocycles. The van der Waals surface area contributed by atoms with Gasteiger partial charge in [0.1, 0.15) is 0 Å². The van der Waals surface area contributed by atoms with E-state index in [1.807, 2.05) is 13.3 Å². The van der Waals surface area contributed by atoms with E-state index in [1.54, 1.807) is 11.3 Å². The molecule has 3 nitrogen and oxygen atoms in total. The zero-order valence-electron chi connectivity index (χ0n) is 10.0. The van der Waals surface area contributed by atoms with Crippen LogP contribution in [-0.4, -0.2) is 16.1 Å². The van der Waals surface area contributed by atoms with Crippen molar-refractivity contribution in [1.82, 2.24) is 9.55 Å². The monoisotopic (exact) mass is 245 g/mol. The van der Waals surface area contributed by atoms with E-state index in [0.717, 1.165) is 17.8 Å². The van der Waals surface area contributed by atoms with Gasteiger partial charge in [0.2, 0.25) is 0 Å². The summed E-state index contributed by atoms with van der Waals surface area (Å²) in [5, 5.41) is 2.07. The number of aromatic nitrogens is 2. The van der Waals surface area contributed by atoms with Crippen molar-refractivity contribution in [3.63, 3.8) is 0 Å². The Hall–Kier alpha value is -1.57. The summed E-state index contributed by atoms with van der Waals surface area (Å²) in [6.45, 7) is 5.39. The molecule has 0 aliphatic heterocycles. The SMILES string of the molecule is Cc1ncn(Cc2cc(C#CCN)cs2)c1C. The van der Waals surface area contributed by atoms with Gasteiger partial charge in [-0.05, 0) is 19.9 Å². The van der Waals surface area contributed by atoms with Crippen LogP contribution < -0.4 is 5.73 Å². The molecule has 0 saturated heterocycles. The number of hydrogen-bond donors (Lipinski definition) is 1.